The number of hydrogen-bond donors (Lipinski definition) is 0. The Morgan fingerprint density at radius 3 is 1.25 bits per heavy atom. The molecule has 0 saturated heterocycles. The molecule has 2 heterocycles. The van der Waals surface area contributed by atoms with Crippen LogP contribution in [0.4, 0.5) is 34.1 Å². The maximum atomic E-state index is 2.48. The molecule has 300 valence electrons. The van der Waals surface area contributed by atoms with Crippen LogP contribution >= 0.6 is 0 Å². The van der Waals surface area contributed by atoms with Gasteiger partial charge in [-0.1, -0.05) is 182 Å². The third-order valence-corrected chi connectivity index (χ3v) is 13.6. The Bertz CT molecular complexity index is 3530. The highest BCUT2D eigenvalue weighted by atomic mass is 15.2. The van der Waals surface area contributed by atoms with Crippen molar-refractivity contribution in [2.24, 2.45) is 0 Å². The molecule has 11 aromatic rings. The summed E-state index contributed by atoms with van der Waals surface area (Å²) in [4.78, 5) is 4.96. The van der Waals surface area contributed by atoms with Crippen molar-refractivity contribution >= 4 is 66.4 Å². The van der Waals surface area contributed by atoms with Crippen LogP contribution in [0.5, 0.6) is 0 Å². The molecule has 2 aliphatic heterocycles. The van der Waals surface area contributed by atoms with Gasteiger partial charge < -0.3 is 9.80 Å². The van der Waals surface area contributed by atoms with Crippen molar-refractivity contribution in [3.8, 4) is 33.4 Å². The lowest BCUT2D eigenvalue weighted by atomic mass is 9.83. The quantitative estimate of drug-likeness (QED) is 0.160. The average molecular weight is 815 g/mol. The second kappa shape index (κ2) is 14.7. The van der Waals surface area contributed by atoms with E-state index in [1.165, 1.54) is 111 Å². The minimum Gasteiger partial charge on any atom is -0.310 e. The van der Waals surface area contributed by atoms with Gasteiger partial charge >= 0.3 is 0 Å². The van der Waals surface area contributed by atoms with Gasteiger partial charge in [-0.3, -0.25) is 0 Å². The van der Waals surface area contributed by atoms with E-state index in [2.05, 4.69) is 240 Å². The van der Waals surface area contributed by atoms with Crippen molar-refractivity contribution in [3.05, 3.63) is 253 Å². The zero-order valence-corrected chi connectivity index (χ0v) is 35.2. The SMILES string of the molecule is c1ccc(-c2ccc(-c3c4cc(N5c6ccccc6Cc6ccccc65)ccc4c(-c4cccc5ccccc45)c4cc(N5c6ccccc6Cc6ccccc65)ccc34)cc2)cc1. The molecule has 0 N–H and O–H groups in total. The highest BCUT2D eigenvalue weighted by molar-refractivity contribution is 6.24. The minimum absolute atomic E-state index is 0.916. The molecule has 2 nitrogen and oxygen atoms in total. The molecule has 0 spiro atoms. The van der Waals surface area contributed by atoms with E-state index in [9.17, 15) is 0 Å². The fourth-order valence-electron chi connectivity index (χ4n) is 10.7. The number of fused-ring (bicyclic) bond motifs is 7. The molecule has 2 heteroatoms. The topological polar surface area (TPSA) is 6.48 Å². The summed E-state index contributed by atoms with van der Waals surface area (Å²) in [6, 6.07) is 85.6. The smallest absolute Gasteiger partial charge is 0.0497 e. The van der Waals surface area contributed by atoms with Crippen molar-refractivity contribution in [2.75, 3.05) is 9.80 Å². The molecule has 0 aromatic heterocycles. The zero-order valence-electron chi connectivity index (χ0n) is 35.2. The summed E-state index contributed by atoms with van der Waals surface area (Å²) in [6.07, 6.45) is 1.83. The number of nitrogens with zero attached hydrogens (tertiary/aromatic N) is 2. The van der Waals surface area contributed by atoms with Gasteiger partial charge in [0.05, 0.1) is 0 Å². The Kier molecular flexibility index (Phi) is 8.39. The van der Waals surface area contributed by atoms with Gasteiger partial charge in [0.1, 0.15) is 0 Å². The predicted molar refractivity (Wildman–Crippen MR) is 270 cm³/mol. The van der Waals surface area contributed by atoms with Gasteiger partial charge in [-0.05, 0) is 136 Å². The number of hydrogen-bond acceptors (Lipinski definition) is 2. The van der Waals surface area contributed by atoms with Gasteiger partial charge in [0.2, 0.25) is 0 Å². The molecule has 0 bridgehead atoms. The summed E-state index contributed by atoms with van der Waals surface area (Å²) in [5, 5.41) is 7.38. The maximum Gasteiger partial charge on any atom is 0.0497 e. The van der Waals surface area contributed by atoms with E-state index < -0.39 is 0 Å². The van der Waals surface area contributed by atoms with Crippen LogP contribution in [0.3, 0.4) is 0 Å². The summed E-state index contributed by atoms with van der Waals surface area (Å²) in [6.45, 7) is 0. The largest absolute Gasteiger partial charge is 0.310 e. The molecule has 0 aliphatic carbocycles. The first-order valence-electron chi connectivity index (χ1n) is 22.3. The van der Waals surface area contributed by atoms with E-state index in [-0.39, 0.29) is 0 Å². The lowest BCUT2D eigenvalue weighted by molar-refractivity contribution is 1.09. The van der Waals surface area contributed by atoms with Crippen LogP contribution in [0.1, 0.15) is 22.3 Å². The molecule has 13 rings (SSSR count). The van der Waals surface area contributed by atoms with E-state index in [4.69, 9.17) is 0 Å². The highest BCUT2D eigenvalue weighted by Crippen LogP contribution is 2.52. The number of rotatable bonds is 5. The molecular formula is C62H42N2. The van der Waals surface area contributed by atoms with Gasteiger partial charge in [0.15, 0.2) is 0 Å². The normalized spacial score (nSPS) is 12.8. The first-order valence-corrected chi connectivity index (χ1v) is 22.3. The molecule has 0 saturated carbocycles. The molecule has 0 atom stereocenters. The van der Waals surface area contributed by atoms with Crippen LogP contribution < -0.4 is 9.80 Å². The van der Waals surface area contributed by atoms with Crippen molar-refractivity contribution in [3.63, 3.8) is 0 Å². The molecule has 0 amide bonds. The van der Waals surface area contributed by atoms with Crippen LogP contribution in [-0.4, -0.2) is 0 Å². The molecule has 0 unspecified atom stereocenters. The lowest BCUT2D eigenvalue weighted by Crippen LogP contribution is -2.18. The molecule has 0 radical (unpaired) electrons. The molecule has 64 heavy (non-hydrogen) atoms. The maximum absolute atomic E-state index is 2.48. The van der Waals surface area contributed by atoms with Crippen LogP contribution in [-0.2, 0) is 12.8 Å². The standard InChI is InChI=1S/C62H42N2/c1-2-15-41(16-3-1)42-29-31-44(32-30-42)61-53-35-33-50(64-59-27-12-7-20-47(59)38-48-21-8-13-28-60(48)64)40-56(53)62(52-24-14-22-43-17-4-9-23-51(43)52)54-36-34-49(39-55(54)61)63-57-25-10-5-18-45(57)37-46-19-6-11-26-58(46)63/h1-36,39-40H,37-38H2. The Morgan fingerprint density at radius 1 is 0.266 bits per heavy atom. The molecule has 11 aromatic carbocycles. The lowest BCUT2D eigenvalue weighted by Gasteiger charge is -2.34. The van der Waals surface area contributed by atoms with Crippen LogP contribution in [0.25, 0.3) is 65.7 Å². The van der Waals surface area contributed by atoms with Crippen molar-refractivity contribution in [2.45, 2.75) is 12.8 Å². The van der Waals surface area contributed by atoms with Gasteiger partial charge in [0, 0.05) is 47.0 Å². The molecule has 0 fully saturated rings. The van der Waals surface area contributed by atoms with Crippen LogP contribution in [0, 0.1) is 0 Å². The van der Waals surface area contributed by atoms with Gasteiger partial charge in [-0.15, -0.1) is 0 Å². The fraction of sp³-hybridized carbons (Fsp3) is 0.0323. The van der Waals surface area contributed by atoms with E-state index >= 15 is 0 Å². The summed E-state index contributed by atoms with van der Waals surface area (Å²) >= 11 is 0. The van der Waals surface area contributed by atoms with Gasteiger partial charge in [-0.2, -0.15) is 0 Å². The van der Waals surface area contributed by atoms with E-state index in [1.807, 2.05) is 0 Å². The summed E-state index contributed by atoms with van der Waals surface area (Å²) in [5.74, 6) is 0. The minimum atomic E-state index is 0.916. The van der Waals surface area contributed by atoms with Gasteiger partial charge in [0.25, 0.3) is 0 Å². The van der Waals surface area contributed by atoms with Crippen molar-refractivity contribution < 1.29 is 0 Å². The monoisotopic (exact) mass is 814 g/mol. The van der Waals surface area contributed by atoms with E-state index in [1.54, 1.807) is 0 Å². The molecular weight excluding hydrogens is 773 g/mol. The Hall–Kier alpha value is -8.20. The summed E-state index contributed by atoms with van der Waals surface area (Å²) in [5.41, 5.74) is 19.9. The second-order valence-electron chi connectivity index (χ2n) is 17.2. The summed E-state index contributed by atoms with van der Waals surface area (Å²) < 4.78 is 0. The predicted octanol–water partition coefficient (Wildman–Crippen LogP) is 16.9. The number of benzene rings is 11. The Balaban J connectivity index is 1.14. The van der Waals surface area contributed by atoms with Crippen molar-refractivity contribution in [1.82, 2.24) is 0 Å². The first-order chi connectivity index (χ1) is 31.7. The average Bonchev–Trinajstić information content (AvgIpc) is 3.36. The molecule has 2 aliphatic rings. The van der Waals surface area contributed by atoms with Crippen LogP contribution in [0.2, 0.25) is 0 Å². The second-order valence-corrected chi connectivity index (χ2v) is 17.2. The highest BCUT2D eigenvalue weighted by Gasteiger charge is 2.28. The van der Waals surface area contributed by atoms with Crippen LogP contribution in [0.15, 0.2) is 231 Å². The number of anilines is 6. The first kappa shape index (κ1) is 36.5. The van der Waals surface area contributed by atoms with Gasteiger partial charge in [-0.25, -0.2) is 0 Å². The van der Waals surface area contributed by atoms with E-state index in [0.717, 1.165) is 24.2 Å². The Labute approximate surface area is 373 Å². The fourth-order valence-corrected chi connectivity index (χ4v) is 10.7. The Morgan fingerprint density at radius 2 is 0.688 bits per heavy atom. The van der Waals surface area contributed by atoms with Crippen molar-refractivity contribution in [1.29, 1.82) is 0 Å². The zero-order chi connectivity index (χ0) is 42.1. The third kappa shape index (κ3) is 5.80. The third-order valence-electron chi connectivity index (χ3n) is 13.6. The van der Waals surface area contributed by atoms with E-state index in [0.29, 0.717) is 0 Å². The summed E-state index contributed by atoms with van der Waals surface area (Å²) in [7, 11) is 0. The number of para-hydroxylation sites is 4.